The summed E-state index contributed by atoms with van der Waals surface area (Å²) >= 11 is 5.28. The first kappa shape index (κ1) is 24.9. The van der Waals surface area contributed by atoms with Gasteiger partial charge in [0.25, 0.3) is 11.8 Å². The Kier molecular flexibility index (Phi) is 8.76. The third-order valence-electron chi connectivity index (χ3n) is 5.27. The van der Waals surface area contributed by atoms with Crippen LogP contribution in [0.4, 0.5) is 11.4 Å². The van der Waals surface area contributed by atoms with Gasteiger partial charge in [0.2, 0.25) is 0 Å². The van der Waals surface area contributed by atoms with E-state index in [4.69, 9.17) is 17.0 Å². The molecule has 0 saturated carbocycles. The molecule has 0 heterocycles. The van der Waals surface area contributed by atoms with E-state index in [9.17, 15) is 9.59 Å². The second-order valence-corrected chi connectivity index (χ2v) is 8.14. The molecule has 3 rings (SSSR count). The molecule has 176 valence electrons. The van der Waals surface area contributed by atoms with Gasteiger partial charge >= 0.3 is 0 Å². The van der Waals surface area contributed by atoms with Gasteiger partial charge in [0.05, 0.1) is 6.10 Å². The van der Waals surface area contributed by atoms with Crippen LogP contribution in [0.25, 0.3) is 0 Å². The summed E-state index contributed by atoms with van der Waals surface area (Å²) in [6.07, 6.45) is 1.02. The maximum Gasteiger partial charge on any atom is 0.258 e. The third-order valence-corrected chi connectivity index (χ3v) is 5.48. The van der Waals surface area contributed by atoms with Gasteiger partial charge in [0, 0.05) is 29.0 Å². The van der Waals surface area contributed by atoms with Gasteiger partial charge in [-0.1, -0.05) is 25.1 Å². The summed E-state index contributed by atoms with van der Waals surface area (Å²) in [5.74, 6) is 0.313. The molecule has 3 aromatic carbocycles. The van der Waals surface area contributed by atoms with Crippen LogP contribution in [-0.4, -0.2) is 29.6 Å². The molecular formula is C27H29N3O3S. The van der Waals surface area contributed by atoms with Crippen LogP contribution >= 0.6 is 12.2 Å². The molecule has 0 radical (unpaired) electrons. The lowest BCUT2D eigenvalue weighted by molar-refractivity contribution is 0.0973. The minimum Gasteiger partial charge on any atom is -0.491 e. The number of anilines is 2. The molecule has 0 aliphatic heterocycles. The fourth-order valence-corrected chi connectivity index (χ4v) is 3.45. The fraction of sp³-hybridized carbons (Fsp3) is 0.222. The minimum absolute atomic E-state index is 0.0862. The molecule has 0 aliphatic rings. The molecule has 0 fully saturated rings. The van der Waals surface area contributed by atoms with E-state index in [0.29, 0.717) is 23.4 Å². The Morgan fingerprint density at radius 2 is 1.53 bits per heavy atom. The van der Waals surface area contributed by atoms with Gasteiger partial charge < -0.3 is 15.0 Å². The Morgan fingerprint density at radius 3 is 2.12 bits per heavy atom. The van der Waals surface area contributed by atoms with Crippen LogP contribution in [-0.2, 0) is 0 Å². The number of rotatable bonds is 8. The third kappa shape index (κ3) is 6.65. The van der Waals surface area contributed by atoms with E-state index >= 15 is 0 Å². The van der Waals surface area contributed by atoms with Gasteiger partial charge in [-0.15, -0.1) is 0 Å². The SMILES string of the molecule is CCC(C)Oc1ccc(C(=O)NC(=S)Nc2ccc(C(=O)N(CC)c3ccccc3)cc2)cc1. The van der Waals surface area contributed by atoms with Crippen molar-refractivity contribution in [1.29, 1.82) is 0 Å². The van der Waals surface area contributed by atoms with Crippen molar-refractivity contribution < 1.29 is 14.3 Å². The number of carbonyl (C=O) groups excluding carboxylic acids is 2. The van der Waals surface area contributed by atoms with Crippen molar-refractivity contribution >= 4 is 40.5 Å². The summed E-state index contributed by atoms with van der Waals surface area (Å²) < 4.78 is 5.73. The minimum atomic E-state index is -0.319. The fourth-order valence-electron chi connectivity index (χ4n) is 3.24. The zero-order chi connectivity index (χ0) is 24.5. The number of nitrogens with zero attached hydrogens (tertiary/aromatic N) is 1. The van der Waals surface area contributed by atoms with Crippen molar-refractivity contribution in [3.05, 3.63) is 90.0 Å². The molecule has 6 nitrogen and oxygen atoms in total. The molecule has 34 heavy (non-hydrogen) atoms. The monoisotopic (exact) mass is 475 g/mol. The number of nitrogens with one attached hydrogen (secondary N) is 2. The molecular weight excluding hydrogens is 446 g/mol. The lowest BCUT2D eigenvalue weighted by atomic mass is 10.1. The molecule has 0 saturated heterocycles. The van der Waals surface area contributed by atoms with Crippen LogP contribution < -0.4 is 20.3 Å². The zero-order valence-electron chi connectivity index (χ0n) is 19.6. The first-order chi connectivity index (χ1) is 16.4. The van der Waals surface area contributed by atoms with Gasteiger partial charge in [0.1, 0.15) is 5.75 Å². The number of para-hydroxylation sites is 1. The van der Waals surface area contributed by atoms with Gasteiger partial charge in [-0.05, 0) is 93.1 Å². The Morgan fingerprint density at radius 1 is 0.912 bits per heavy atom. The maximum absolute atomic E-state index is 12.9. The molecule has 3 aromatic rings. The highest BCUT2D eigenvalue weighted by molar-refractivity contribution is 7.80. The molecule has 2 amide bonds. The van der Waals surface area contributed by atoms with E-state index in [1.54, 1.807) is 53.4 Å². The summed E-state index contributed by atoms with van der Waals surface area (Å²) in [7, 11) is 0. The first-order valence-electron chi connectivity index (χ1n) is 11.3. The second-order valence-electron chi connectivity index (χ2n) is 7.73. The number of carbonyl (C=O) groups is 2. The standard InChI is InChI=1S/C27H29N3O3S/c1-4-19(3)33-24-17-13-20(14-18-24)25(31)29-27(34)28-22-15-11-21(12-16-22)26(32)30(5-2)23-9-7-6-8-10-23/h6-19H,4-5H2,1-3H3,(H2,28,29,31,34). The molecule has 1 atom stereocenters. The maximum atomic E-state index is 12.9. The molecule has 0 aliphatic carbocycles. The zero-order valence-corrected chi connectivity index (χ0v) is 20.4. The van der Waals surface area contributed by atoms with E-state index in [2.05, 4.69) is 17.6 Å². The number of amides is 2. The van der Waals surface area contributed by atoms with Crippen molar-refractivity contribution in [1.82, 2.24) is 5.32 Å². The molecule has 0 bridgehead atoms. The van der Waals surface area contributed by atoms with Gasteiger partial charge in [-0.2, -0.15) is 0 Å². The van der Waals surface area contributed by atoms with Crippen molar-refractivity contribution in [3.63, 3.8) is 0 Å². The number of thiocarbonyl (C=S) groups is 1. The summed E-state index contributed by atoms with van der Waals surface area (Å²) in [5.41, 5.74) is 2.55. The Bertz CT molecular complexity index is 1120. The lowest BCUT2D eigenvalue weighted by Crippen LogP contribution is -2.34. The quantitative estimate of drug-likeness (QED) is 0.412. The number of ether oxygens (including phenoxy) is 1. The Labute approximate surface area is 205 Å². The smallest absolute Gasteiger partial charge is 0.258 e. The number of benzene rings is 3. The average Bonchev–Trinajstić information content (AvgIpc) is 2.85. The van der Waals surface area contributed by atoms with E-state index in [1.807, 2.05) is 44.2 Å². The van der Waals surface area contributed by atoms with Crippen LogP contribution in [0, 0.1) is 0 Å². The first-order valence-corrected chi connectivity index (χ1v) is 11.7. The molecule has 7 heteroatoms. The van der Waals surface area contributed by atoms with Crippen molar-refractivity contribution in [3.8, 4) is 5.75 Å². The topological polar surface area (TPSA) is 70.7 Å². The van der Waals surface area contributed by atoms with Crippen LogP contribution in [0.5, 0.6) is 5.75 Å². The van der Waals surface area contributed by atoms with E-state index in [0.717, 1.165) is 17.9 Å². The van der Waals surface area contributed by atoms with Crippen molar-refractivity contribution in [2.45, 2.75) is 33.3 Å². The van der Waals surface area contributed by atoms with Crippen LogP contribution in [0.15, 0.2) is 78.9 Å². The summed E-state index contributed by atoms with van der Waals surface area (Å²) in [6.45, 7) is 6.55. The highest BCUT2D eigenvalue weighted by atomic mass is 32.1. The van der Waals surface area contributed by atoms with Crippen LogP contribution in [0.1, 0.15) is 47.9 Å². The molecule has 2 N–H and O–H groups in total. The van der Waals surface area contributed by atoms with Crippen molar-refractivity contribution in [2.24, 2.45) is 0 Å². The van der Waals surface area contributed by atoms with Crippen molar-refractivity contribution in [2.75, 3.05) is 16.8 Å². The highest BCUT2D eigenvalue weighted by Crippen LogP contribution is 2.18. The average molecular weight is 476 g/mol. The van der Waals surface area contributed by atoms with Gasteiger partial charge in [0.15, 0.2) is 5.11 Å². The highest BCUT2D eigenvalue weighted by Gasteiger charge is 2.16. The van der Waals surface area contributed by atoms with E-state index in [1.165, 1.54) is 0 Å². The Balaban J connectivity index is 1.57. The van der Waals surface area contributed by atoms with Crippen LogP contribution in [0.3, 0.4) is 0 Å². The molecule has 0 spiro atoms. The largest absolute Gasteiger partial charge is 0.491 e. The van der Waals surface area contributed by atoms with E-state index < -0.39 is 0 Å². The number of hydrogen-bond acceptors (Lipinski definition) is 4. The Hall–Kier alpha value is -3.71. The predicted octanol–water partition coefficient (Wildman–Crippen LogP) is 5.66. The normalized spacial score (nSPS) is 11.3. The molecule has 0 aromatic heterocycles. The predicted molar refractivity (Wildman–Crippen MR) is 141 cm³/mol. The summed E-state index contributed by atoms with van der Waals surface area (Å²) in [4.78, 5) is 27.1. The van der Waals surface area contributed by atoms with Gasteiger partial charge in [-0.3, -0.25) is 14.9 Å². The summed E-state index contributed by atoms with van der Waals surface area (Å²) in [6, 6.07) is 23.4. The lowest BCUT2D eigenvalue weighted by Gasteiger charge is -2.21. The summed E-state index contributed by atoms with van der Waals surface area (Å²) in [5, 5.41) is 5.82. The van der Waals surface area contributed by atoms with Gasteiger partial charge in [-0.25, -0.2) is 0 Å². The second kappa shape index (κ2) is 12.0. The number of hydrogen-bond donors (Lipinski definition) is 2. The molecule has 1 unspecified atom stereocenters. The van der Waals surface area contributed by atoms with Crippen LogP contribution in [0.2, 0.25) is 0 Å². The van der Waals surface area contributed by atoms with E-state index in [-0.39, 0.29) is 23.0 Å².